The third-order valence-electron chi connectivity index (χ3n) is 2.80. The molecule has 0 radical (unpaired) electrons. The van der Waals surface area contributed by atoms with Crippen molar-refractivity contribution < 1.29 is 14.3 Å². The number of hydrogen-bond donors (Lipinski definition) is 1. The topological polar surface area (TPSA) is 73.3 Å². The van der Waals surface area contributed by atoms with E-state index in [1.165, 1.54) is 25.6 Å². The summed E-state index contributed by atoms with van der Waals surface area (Å²) in [5.41, 5.74) is 1.36. The zero-order valence-corrected chi connectivity index (χ0v) is 13.9. The van der Waals surface area contributed by atoms with E-state index in [0.717, 1.165) is 22.2 Å². The van der Waals surface area contributed by atoms with Crippen LogP contribution in [0.1, 0.15) is 40.8 Å². The molecular formula is C13H17N3O3S2. The highest BCUT2D eigenvalue weighted by molar-refractivity contribution is 7.09. The number of aromatic nitrogens is 2. The van der Waals surface area contributed by atoms with Gasteiger partial charge in [0.1, 0.15) is 5.01 Å². The highest BCUT2D eigenvalue weighted by atomic mass is 32.1. The van der Waals surface area contributed by atoms with Gasteiger partial charge in [0.25, 0.3) is 5.91 Å². The highest BCUT2D eigenvalue weighted by Crippen LogP contribution is 2.32. The molecule has 1 amide bonds. The molecule has 0 aliphatic carbocycles. The van der Waals surface area contributed by atoms with Crippen LogP contribution in [0.4, 0.5) is 0 Å². The van der Waals surface area contributed by atoms with Crippen molar-refractivity contribution in [1.82, 2.24) is 14.7 Å². The van der Waals surface area contributed by atoms with E-state index in [0.29, 0.717) is 23.1 Å². The Kier molecular flexibility index (Phi) is 5.13. The number of carbonyl (C=O) groups excluding carboxylic acids is 1. The highest BCUT2D eigenvalue weighted by Gasteiger charge is 2.22. The zero-order chi connectivity index (χ0) is 15.4. The SMILES string of the molecule is COc1nsc(OC)c1C(=O)NCc1nc(C(C)C)cs1. The first-order chi connectivity index (χ1) is 10.1. The molecule has 1 N–H and O–H groups in total. The molecule has 2 aromatic rings. The van der Waals surface area contributed by atoms with E-state index < -0.39 is 0 Å². The van der Waals surface area contributed by atoms with Crippen molar-refractivity contribution in [2.24, 2.45) is 0 Å². The lowest BCUT2D eigenvalue weighted by Gasteiger charge is -2.05. The third kappa shape index (κ3) is 3.51. The largest absolute Gasteiger partial charge is 0.485 e. The number of hydrogen-bond acceptors (Lipinski definition) is 7. The molecule has 2 rings (SSSR count). The van der Waals surface area contributed by atoms with Crippen LogP contribution in [0.2, 0.25) is 0 Å². The Morgan fingerprint density at radius 2 is 2.14 bits per heavy atom. The Labute approximate surface area is 131 Å². The molecular weight excluding hydrogens is 310 g/mol. The summed E-state index contributed by atoms with van der Waals surface area (Å²) < 4.78 is 14.3. The summed E-state index contributed by atoms with van der Waals surface area (Å²) in [5.74, 6) is 0.377. The minimum Gasteiger partial charge on any atom is -0.485 e. The summed E-state index contributed by atoms with van der Waals surface area (Å²) >= 11 is 2.62. The first-order valence-electron chi connectivity index (χ1n) is 6.37. The van der Waals surface area contributed by atoms with Gasteiger partial charge < -0.3 is 14.8 Å². The van der Waals surface area contributed by atoms with Crippen LogP contribution >= 0.6 is 22.9 Å². The van der Waals surface area contributed by atoms with E-state index in [4.69, 9.17) is 9.47 Å². The molecule has 114 valence electrons. The molecule has 0 aromatic carbocycles. The van der Waals surface area contributed by atoms with E-state index in [2.05, 4.69) is 28.5 Å². The summed E-state index contributed by atoms with van der Waals surface area (Å²) in [6, 6.07) is 0. The van der Waals surface area contributed by atoms with Gasteiger partial charge in [-0.15, -0.1) is 11.3 Å². The van der Waals surface area contributed by atoms with Gasteiger partial charge in [0.15, 0.2) is 5.56 Å². The minimum absolute atomic E-state index is 0.274. The number of nitrogens with one attached hydrogen (secondary N) is 1. The lowest BCUT2D eigenvalue weighted by atomic mass is 10.2. The second-order valence-electron chi connectivity index (χ2n) is 4.56. The molecule has 6 nitrogen and oxygen atoms in total. The monoisotopic (exact) mass is 327 g/mol. The van der Waals surface area contributed by atoms with E-state index in [1.54, 1.807) is 0 Å². The Hall–Kier alpha value is -1.67. The maximum Gasteiger partial charge on any atom is 0.261 e. The standard InChI is InChI=1S/C13H17N3O3S2/c1-7(2)8-6-20-9(15-8)5-14-11(17)10-12(18-3)16-21-13(10)19-4/h6-7H,5H2,1-4H3,(H,14,17). The Morgan fingerprint density at radius 3 is 2.71 bits per heavy atom. The van der Waals surface area contributed by atoms with Crippen LogP contribution in [-0.4, -0.2) is 29.5 Å². The van der Waals surface area contributed by atoms with Crippen LogP contribution in [0.3, 0.4) is 0 Å². The Bertz CT molecular complexity index is 600. The molecule has 21 heavy (non-hydrogen) atoms. The fraction of sp³-hybridized carbons (Fsp3) is 0.462. The smallest absolute Gasteiger partial charge is 0.261 e. The number of amides is 1. The molecule has 0 atom stereocenters. The third-order valence-corrected chi connectivity index (χ3v) is 4.46. The quantitative estimate of drug-likeness (QED) is 0.883. The molecule has 0 aliphatic rings. The minimum atomic E-state index is -0.279. The molecule has 0 fully saturated rings. The van der Waals surface area contributed by atoms with Gasteiger partial charge in [0, 0.05) is 16.9 Å². The van der Waals surface area contributed by atoms with Crippen LogP contribution in [0, 0.1) is 0 Å². The van der Waals surface area contributed by atoms with Crippen LogP contribution in [0.15, 0.2) is 5.38 Å². The van der Waals surface area contributed by atoms with Gasteiger partial charge >= 0.3 is 0 Å². The number of ether oxygens (including phenoxy) is 2. The van der Waals surface area contributed by atoms with Crippen molar-refractivity contribution in [1.29, 1.82) is 0 Å². The maximum atomic E-state index is 12.3. The zero-order valence-electron chi connectivity index (χ0n) is 12.3. The molecule has 0 spiro atoms. The fourth-order valence-electron chi connectivity index (χ4n) is 1.65. The van der Waals surface area contributed by atoms with Crippen molar-refractivity contribution in [3.8, 4) is 10.9 Å². The fourth-order valence-corrected chi connectivity index (χ4v) is 3.22. The predicted octanol–water partition coefficient (Wildman–Crippen LogP) is 2.67. The van der Waals surface area contributed by atoms with Crippen molar-refractivity contribution >= 4 is 28.8 Å². The van der Waals surface area contributed by atoms with Crippen LogP contribution in [0.5, 0.6) is 10.9 Å². The normalized spacial score (nSPS) is 10.7. The van der Waals surface area contributed by atoms with Crippen LogP contribution in [-0.2, 0) is 6.54 Å². The van der Waals surface area contributed by atoms with Crippen molar-refractivity contribution in [3.63, 3.8) is 0 Å². The second kappa shape index (κ2) is 6.86. The molecule has 2 heterocycles. The Morgan fingerprint density at radius 1 is 1.38 bits per heavy atom. The molecule has 0 bridgehead atoms. The van der Waals surface area contributed by atoms with E-state index in [1.807, 2.05) is 5.38 Å². The summed E-state index contributed by atoms with van der Waals surface area (Å²) in [6.07, 6.45) is 0. The van der Waals surface area contributed by atoms with Gasteiger partial charge in [0.2, 0.25) is 10.9 Å². The number of nitrogens with zero attached hydrogens (tertiary/aromatic N) is 2. The maximum absolute atomic E-state index is 12.3. The first-order valence-corrected chi connectivity index (χ1v) is 8.02. The van der Waals surface area contributed by atoms with Gasteiger partial charge in [-0.3, -0.25) is 4.79 Å². The van der Waals surface area contributed by atoms with E-state index >= 15 is 0 Å². The van der Waals surface area contributed by atoms with Crippen LogP contribution in [0.25, 0.3) is 0 Å². The number of rotatable bonds is 6. The molecule has 8 heteroatoms. The van der Waals surface area contributed by atoms with Crippen molar-refractivity contribution in [3.05, 3.63) is 21.6 Å². The lowest BCUT2D eigenvalue weighted by molar-refractivity contribution is 0.0945. The summed E-state index contributed by atoms with van der Waals surface area (Å²) in [7, 11) is 2.97. The van der Waals surface area contributed by atoms with Crippen molar-refractivity contribution in [2.75, 3.05) is 14.2 Å². The Balaban J connectivity index is 2.06. The average molecular weight is 327 g/mol. The molecule has 0 aliphatic heterocycles. The predicted molar refractivity (Wildman–Crippen MR) is 82.6 cm³/mol. The second-order valence-corrected chi connectivity index (χ2v) is 6.24. The number of carbonyl (C=O) groups is 1. The molecule has 0 saturated carbocycles. The molecule has 0 saturated heterocycles. The molecule has 2 aromatic heterocycles. The van der Waals surface area contributed by atoms with E-state index in [-0.39, 0.29) is 11.8 Å². The first kappa shape index (κ1) is 15.7. The van der Waals surface area contributed by atoms with Crippen molar-refractivity contribution in [2.45, 2.75) is 26.3 Å². The summed E-state index contributed by atoms with van der Waals surface area (Å²) in [5, 5.41) is 6.14. The number of thiazole rings is 1. The van der Waals surface area contributed by atoms with Crippen LogP contribution < -0.4 is 14.8 Å². The van der Waals surface area contributed by atoms with Gasteiger partial charge in [-0.25, -0.2) is 4.98 Å². The molecule has 0 unspecified atom stereocenters. The van der Waals surface area contributed by atoms with Gasteiger partial charge in [-0.05, 0) is 5.92 Å². The van der Waals surface area contributed by atoms with Gasteiger partial charge in [-0.1, -0.05) is 13.8 Å². The summed E-state index contributed by atoms with van der Waals surface area (Å²) in [4.78, 5) is 16.7. The van der Waals surface area contributed by atoms with E-state index in [9.17, 15) is 4.79 Å². The van der Waals surface area contributed by atoms with Gasteiger partial charge in [0.05, 0.1) is 26.5 Å². The number of methoxy groups -OCH3 is 2. The average Bonchev–Trinajstić information content (AvgIpc) is 3.10. The van der Waals surface area contributed by atoms with Gasteiger partial charge in [-0.2, -0.15) is 4.37 Å². The summed E-state index contributed by atoms with van der Waals surface area (Å²) in [6.45, 7) is 4.55. The lowest BCUT2D eigenvalue weighted by Crippen LogP contribution is -2.23.